The van der Waals surface area contributed by atoms with E-state index in [9.17, 15) is 4.57 Å². The molecule has 0 aromatic rings. The van der Waals surface area contributed by atoms with Crippen LogP contribution < -0.4 is 0 Å². The van der Waals surface area contributed by atoms with Crippen molar-refractivity contribution in [2.75, 3.05) is 6.61 Å². The van der Waals surface area contributed by atoms with E-state index in [0.717, 1.165) is 56.9 Å². The predicted molar refractivity (Wildman–Crippen MR) is 152 cm³/mol. The number of hydrogen-bond donors (Lipinski definition) is 2. The Bertz CT molecular complexity index is 842. The summed E-state index contributed by atoms with van der Waals surface area (Å²) in [7, 11) is -4.42. The maximum absolute atomic E-state index is 10.9. The molecule has 0 radical (unpaired) electrons. The van der Waals surface area contributed by atoms with Gasteiger partial charge in [0.1, 0.15) is 0 Å². The fraction of sp³-hybridized carbons (Fsp3) is 0.600. The molecule has 1 unspecified atom stereocenters. The number of hydrogen-bond acceptors (Lipinski definition) is 2. The van der Waals surface area contributed by atoms with Crippen LogP contribution in [0, 0.1) is 5.92 Å². The number of allylic oxidation sites excluding steroid dienone is 11. The Morgan fingerprint density at radius 2 is 1.26 bits per heavy atom. The summed E-state index contributed by atoms with van der Waals surface area (Å²) in [6, 6.07) is 0. The highest BCUT2D eigenvalue weighted by Gasteiger charge is 2.12. The molecule has 0 amide bonds. The van der Waals surface area contributed by atoms with Crippen molar-refractivity contribution in [3.63, 3.8) is 0 Å². The van der Waals surface area contributed by atoms with Gasteiger partial charge in [0.2, 0.25) is 0 Å². The van der Waals surface area contributed by atoms with Gasteiger partial charge in [-0.2, -0.15) is 0 Å². The van der Waals surface area contributed by atoms with Gasteiger partial charge < -0.3 is 9.79 Å². The van der Waals surface area contributed by atoms with Gasteiger partial charge in [-0.15, -0.1) is 0 Å². The molecule has 0 aliphatic rings. The second kappa shape index (κ2) is 18.8. The highest BCUT2D eigenvalue weighted by Crippen LogP contribution is 2.35. The van der Waals surface area contributed by atoms with E-state index in [2.05, 4.69) is 83.4 Å². The molecule has 0 heterocycles. The molecule has 0 aromatic heterocycles. The van der Waals surface area contributed by atoms with Crippen LogP contribution in [0.3, 0.4) is 0 Å². The van der Waals surface area contributed by atoms with E-state index in [-0.39, 0.29) is 6.61 Å². The first kappa shape index (κ1) is 33.5. The van der Waals surface area contributed by atoms with Crippen LogP contribution in [0.25, 0.3) is 0 Å². The maximum Gasteiger partial charge on any atom is 0.469 e. The molecule has 1 atom stereocenters. The first-order valence-electron chi connectivity index (χ1n) is 12.9. The summed E-state index contributed by atoms with van der Waals surface area (Å²) >= 11 is 0. The standard InChI is InChI=1S/C30H51O4P/c1-24(2)12-9-14-26(5)15-11-16-27(6)18-20-30(29(8)17-10-13-25(3)4)21-19-28(7)22-23-34-35(31,32)33/h12-13,15,18,21-22,29H,9-11,14,16-17,19-20,23H2,1-8H3,(H2,31,32,33)/b26-15+,27-18+,28-22+,30-21+. The summed E-state index contributed by atoms with van der Waals surface area (Å²) in [6.07, 6.45) is 21.7. The quantitative estimate of drug-likeness (QED) is 0.152. The van der Waals surface area contributed by atoms with Crippen molar-refractivity contribution in [2.45, 2.75) is 107 Å². The molecule has 0 aliphatic heterocycles. The van der Waals surface area contributed by atoms with Crippen molar-refractivity contribution in [2.24, 2.45) is 5.92 Å². The number of phosphoric acid groups is 1. The van der Waals surface area contributed by atoms with E-state index in [1.807, 2.05) is 6.92 Å². The zero-order valence-corrected chi connectivity index (χ0v) is 24.5. The SMILES string of the molecule is CC(C)=CCC/C(C)=C/CC/C(C)=C/C/C(=C\C/C(C)=C/COP(=O)(O)O)C(C)CCC=C(C)C. The highest BCUT2D eigenvalue weighted by molar-refractivity contribution is 7.46. The zero-order chi connectivity index (χ0) is 26.9. The molecule has 2 N–H and O–H groups in total. The summed E-state index contributed by atoms with van der Waals surface area (Å²) in [5, 5.41) is 0. The smallest absolute Gasteiger partial charge is 0.303 e. The van der Waals surface area contributed by atoms with E-state index < -0.39 is 7.82 Å². The molecule has 0 saturated carbocycles. The molecule has 0 rings (SSSR count). The van der Waals surface area contributed by atoms with Crippen molar-refractivity contribution in [3.05, 3.63) is 69.9 Å². The second-order valence-corrected chi connectivity index (χ2v) is 11.5. The Balaban J connectivity index is 5.08. The molecule has 0 spiro atoms. The van der Waals surface area contributed by atoms with Crippen molar-refractivity contribution >= 4 is 7.82 Å². The summed E-state index contributed by atoms with van der Waals surface area (Å²) in [6.45, 7) is 17.2. The Morgan fingerprint density at radius 3 is 1.83 bits per heavy atom. The largest absolute Gasteiger partial charge is 0.469 e. The van der Waals surface area contributed by atoms with Crippen LogP contribution >= 0.6 is 7.82 Å². The molecule has 35 heavy (non-hydrogen) atoms. The Hall–Kier alpha value is -1.45. The molecular weight excluding hydrogens is 455 g/mol. The third-order valence-electron chi connectivity index (χ3n) is 5.95. The van der Waals surface area contributed by atoms with Gasteiger partial charge in [-0.1, -0.05) is 76.8 Å². The van der Waals surface area contributed by atoms with Crippen LogP contribution in [0.15, 0.2) is 69.9 Å². The molecule has 0 bridgehead atoms. The van der Waals surface area contributed by atoms with Gasteiger partial charge in [-0.25, -0.2) is 4.57 Å². The minimum absolute atomic E-state index is 0.0737. The van der Waals surface area contributed by atoms with Crippen LogP contribution in [0.2, 0.25) is 0 Å². The van der Waals surface area contributed by atoms with Gasteiger partial charge >= 0.3 is 7.82 Å². The van der Waals surface area contributed by atoms with Gasteiger partial charge in [0.05, 0.1) is 6.61 Å². The van der Waals surface area contributed by atoms with Gasteiger partial charge in [-0.3, -0.25) is 4.52 Å². The summed E-state index contributed by atoms with van der Waals surface area (Å²) in [5.74, 6) is 0.478. The average molecular weight is 507 g/mol. The summed E-state index contributed by atoms with van der Waals surface area (Å²) < 4.78 is 15.4. The number of rotatable bonds is 17. The average Bonchev–Trinajstić information content (AvgIpc) is 2.72. The first-order chi connectivity index (χ1) is 16.3. The molecule has 4 nitrogen and oxygen atoms in total. The van der Waals surface area contributed by atoms with Crippen LogP contribution in [-0.4, -0.2) is 16.4 Å². The maximum atomic E-state index is 10.9. The fourth-order valence-electron chi connectivity index (χ4n) is 3.58. The topological polar surface area (TPSA) is 66.8 Å². The zero-order valence-electron chi connectivity index (χ0n) is 23.6. The van der Waals surface area contributed by atoms with E-state index in [0.29, 0.717) is 5.92 Å². The lowest BCUT2D eigenvalue weighted by molar-refractivity contribution is 0.215. The van der Waals surface area contributed by atoms with Gasteiger partial charge in [0.15, 0.2) is 0 Å². The van der Waals surface area contributed by atoms with Gasteiger partial charge in [0, 0.05) is 0 Å². The van der Waals surface area contributed by atoms with Gasteiger partial charge in [-0.05, 0) is 106 Å². The second-order valence-electron chi connectivity index (χ2n) is 10.2. The molecule has 200 valence electrons. The van der Waals surface area contributed by atoms with E-state index in [4.69, 9.17) is 9.79 Å². The minimum atomic E-state index is -4.42. The van der Waals surface area contributed by atoms with Crippen molar-refractivity contribution in [1.82, 2.24) is 0 Å². The Morgan fingerprint density at radius 1 is 0.714 bits per heavy atom. The van der Waals surface area contributed by atoms with Crippen molar-refractivity contribution in [1.29, 1.82) is 0 Å². The van der Waals surface area contributed by atoms with Crippen LogP contribution in [-0.2, 0) is 9.09 Å². The molecule has 0 saturated heterocycles. The predicted octanol–water partition coefficient (Wildman–Crippen LogP) is 9.55. The lowest BCUT2D eigenvalue weighted by Gasteiger charge is -2.15. The molecular formula is C30H51O4P. The monoisotopic (exact) mass is 506 g/mol. The number of phosphoric ester groups is 1. The van der Waals surface area contributed by atoms with Gasteiger partial charge in [0.25, 0.3) is 0 Å². The van der Waals surface area contributed by atoms with E-state index >= 15 is 0 Å². The third kappa shape index (κ3) is 21.5. The van der Waals surface area contributed by atoms with Crippen molar-refractivity contribution in [3.8, 4) is 0 Å². The first-order valence-corrected chi connectivity index (χ1v) is 14.5. The Kier molecular flexibility index (Phi) is 18.0. The third-order valence-corrected chi connectivity index (χ3v) is 6.44. The van der Waals surface area contributed by atoms with Crippen LogP contribution in [0.5, 0.6) is 0 Å². The lowest BCUT2D eigenvalue weighted by Crippen LogP contribution is -2.00. The lowest BCUT2D eigenvalue weighted by atomic mass is 9.90. The molecule has 0 fully saturated rings. The summed E-state index contributed by atoms with van der Waals surface area (Å²) in [5.41, 5.74) is 8.09. The van der Waals surface area contributed by atoms with E-state index in [1.54, 1.807) is 6.08 Å². The normalized spacial score (nSPS) is 14.7. The van der Waals surface area contributed by atoms with Crippen LogP contribution in [0.1, 0.15) is 107 Å². The van der Waals surface area contributed by atoms with E-state index in [1.165, 1.54) is 27.9 Å². The summed E-state index contributed by atoms with van der Waals surface area (Å²) in [4.78, 5) is 17.7. The Labute approximate surface area is 215 Å². The van der Waals surface area contributed by atoms with Crippen molar-refractivity contribution < 1.29 is 18.9 Å². The molecule has 5 heteroatoms. The molecule has 0 aliphatic carbocycles. The van der Waals surface area contributed by atoms with Crippen LogP contribution in [0.4, 0.5) is 0 Å². The minimum Gasteiger partial charge on any atom is -0.303 e. The highest BCUT2D eigenvalue weighted by atomic mass is 31.2. The fourth-order valence-corrected chi connectivity index (χ4v) is 3.84. The molecule has 0 aromatic carbocycles.